The van der Waals surface area contributed by atoms with E-state index in [-0.39, 0.29) is 0 Å². The molecule has 1 fully saturated rings. The van der Waals surface area contributed by atoms with Gasteiger partial charge in [0, 0.05) is 30.6 Å². The number of hydrogen-bond donors (Lipinski definition) is 1. The predicted molar refractivity (Wildman–Crippen MR) is 83.5 cm³/mol. The number of nitrogens with zero attached hydrogens (tertiary/aromatic N) is 1. The third kappa shape index (κ3) is 4.04. The van der Waals surface area contributed by atoms with Crippen LogP contribution in [0.3, 0.4) is 0 Å². The van der Waals surface area contributed by atoms with Gasteiger partial charge in [-0.3, -0.25) is 0 Å². The molecule has 0 radical (unpaired) electrons. The van der Waals surface area contributed by atoms with E-state index in [0.717, 1.165) is 11.4 Å². The van der Waals surface area contributed by atoms with Crippen LogP contribution in [0.5, 0.6) is 0 Å². The van der Waals surface area contributed by atoms with Gasteiger partial charge in [0.1, 0.15) is 4.21 Å². The second kappa shape index (κ2) is 6.56. The highest BCUT2D eigenvalue weighted by molar-refractivity contribution is 7.91. The Balaban J connectivity index is 2.07. The van der Waals surface area contributed by atoms with Crippen LogP contribution in [0.25, 0.3) is 0 Å². The molecule has 4 nitrogen and oxygen atoms in total. The number of thiophene rings is 1. The first kappa shape index (κ1) is 15.9. The fourth-order valence-electron chi connectivity index (χ4n) is 2.01. The van der Waals surface area contributed by atoms with Crippen molar-refractivity contribution in [2.24, 2.45) is 5.92 Å². The fourth-order valence-corrected chi connectivity index (χ4v) is 5.00. The Morgan fingerprint density at radius 2 is 2.10 bits per heavy atom. The Hall–Kier alpha value is -0.430. The molecule has 2 rings (SSSR count). The van der Waals surface area contributed by atoms with Crippen LogP contribution in [0.15, 0.2) is 16.3 Å². The molecule has 0 aromatic carbocycles. The molecule has 0 bridgehead atoms. The molecule has 0 amide bonds. The SMILES string of the molecule is CCN(CC1CC1)S(=O)(=O)c1ccc(CNC(C)C)s1. The lowest BCUT2D eigenvalue weighted by Crippen LogP contribution is -2.32. The molecule has 1 saturated carbocycles. The molecule has 1 aromatic rings. The van der Waals surface area contributed by atoms with Gasteiger partial charge >= 0.3 is 0 Å². The molecule has 6 heteroatoms. The summed E-state index contributed by atoms with van der Waals surface area (Å²) in [6.07, 6.45) is 2.33. The maximum absolute atomic E-state index is 12.6. The summed E-state index contributed by atoms with van der Waals surface area (Å²) in [5.74, 6) is 0.576. The van der Waals surface area contributed by atoms with E-state index in [1.54, 1.807) is 10.4 Å². The lowest BCUT2D eigenvalue weighted by molar-refractivity contribution is 0.413. The first-order chi connectivity index (χ1) is 9.43. The van der Waals surface area contributed by atoms with Crippen molar-refractivity contribution < 1.29 is 8.42 Å². The highest BCUT2D eigenvalue weighted by atomic mass is 32.2. The van der Waals surface area contributed by atoms with Crippen LogP contribution in [0, 0.1) is 5.92 Å². The molecule has 1 heterocycles. The Labute approximate surface area is 126 Å². The molecule has 1 aliphatic rings. The quantitative estimate of drug-likeness (QED) is 0.802. The average Bonchev–Trinajstić information content (AvgIpc) is 3.07. The van der Waals surface area contributed by atoms with Crippen molar-refractivity contribution in [2.75, 3.05) is 13.1 Å². The number of sulfonamides is 1. The highest BCUT2D eigenvalue weighted by Gasteiger charge is 2.31. The van der Waals surface area contributed by atoms with Gasteiger partial charge in [-0.05, 0) is 30.9 Å². The average molecular weight is 316 g/mol. The Kier molecular flexibility index (Phi) is 5.23. The maximum Gasteiger partial charge on any atom is 0.252 e. The van der Waals surface area contributed by atoms with Crippen molar-refractivity contribution in [3.63, 3.8) is 0 Å². The monoisotopic (exact) mass is 316 g/mol. The number of hydrogen-bond acceptors (Lipinski definition) is 4. The molecule has 20 heavy (non-hydrogen) atoms. The Bertz CT molecular complexity index is 533. The van der Waals surface area contributed by atoms with Crippen LogP contribution >= 0.6 is 11.3 Å². The molecule has 1 aromatic heterocycles. The number of nitrogens with one attached hydrogen (secondary N) is 1. The fraction of sp³-hybridized carbons (Fsp3) is 0.714. The normalized spacial score (nSPS) is 16.2. The summed E-state index contributed by atoms with van der Waals surface area (Å²) in [7, 11) is -3.30. The third-order valence-corrected chi connectivity index (χ3v) is 6.92. The summed E-state index contributed by atoms with van der Waals surface area (Å²) >= 11 is 1.38. The van der Waals surface area contributed by atoms with Crippen molar-refractivity contribution in [3.05, 3.63) is 17.0 Å². The summed E-state index contributed by atoms with van der Waals surface area (Å²) in [4.78, 5) is 1.07. The molecule has 1 aliphatic carbocycles. The Morgan fingerprint density at radius 3 is 2.65 bits per heavy atom. The van der Waals surface area contributed by atoms with Crippen LogP contribution in [-0.4, -0.2) is 31.9 Å². The summed E-state index contributed by atoms with van der Waals surface area (Å²) in [6.45, 7) is 8.04. The van der Waals surface area contributed by atoms with Crippen LogP contribution in [0.4, 0.5) is 0 Å². The molecule has 0 atom stereocenters. The van der Waals surface area contributed by atoms with Crippen molar-refractivity contribution in [1.29, 1.82) is 0 Å². The Morgan fingerprint density at radius 1 is 1.40 bits per heavy atom. The van der Waals surface area contributed by atoms with Gasteiger partial charge in [-0.2, -0.15) is 4.31 Å². The van der Waals surface area contributed by atoms with Gasteiger partial charge in [0.2, 0.25) is 0 Å². The third-order valence-electron chi connectivity index (χ3n) is 3.43. The van der Waals surface area contributed by atoms with E-state index in [1.165, 1.54) is 24.2 Å². The lowest BCUT2D eigenvalue weighted by atomic mass is 10.4. The molecule has 0 unspecified atom stereocenters. The second-order valence-corrected chi connectivity index (χ2v) is 8.99. The first-order valence-electron chi connectivity index (χ1n) is 7.25. The van der Waals surface area contributed by atoms with Crippen molar-refractivity contribution in [2.45, 2.75) is 50.4 Å². The molecular formula is C14H24N2O2S2. The van der Waals surface area contributed by atoms with E-state index >= 15 is 0 Å². The molecule has 0 spiro atoms. The molecule has 1 N–H and O–H groups in total. The van der Waals surface area contributed by atoms with E-state index in [0.29, 0.717) is 29.3 Å². The molecule has 0 aliphatic heterocycles. The van der Waals surface area contributed by atoms with Crippen molar-refractivity contribution >= 4 is 21.4 Å². The summed E-state index contributed by atoms with van der Waals surface area (Å²) in [6, 6.07) is 4.06. The molecular weight excluding hydrogens is 292 g/mol. The highest BCUT2D eigenvalue weighted by Crippen LogP contribution is 2.32. The maximum atomic E-state index is 12.6. The minimum atomic E-state index is -3.30. The summed E-state index contributed by atoms with van der Waals surface area (Å²) < 4.78 is 27.3. The van der Waals surface area contributed by atoms with E-state index in [4.69, 9.17) is 0 Å². The number of rotatable bonds is 8. The van der Waals surface area contributed by atoms with Gasteiger partial charge in [-0.25, -0.2) is 8.42 Å². The van der Waals surface area contributed by atoms with E-state index in [1.807, 2.05) is 13.0 Å². The van der Waals surface area contributed by atoms with Gasteiger partial charge in [-0.1, -0.05) is 20.8 Å². The zero-order valence-corrected chi connectivity index (χ0v) is 14.1. The first-order valence-corrected chi connectivity index (χ1v) is 9.51. The molecule has 114 valence electrons. The minimum absolute atomic E-state index is 0.402. The standard InChI is InChI=1S/C14H24N2O2S2/c1-4-16(10-12-5-6-12)20(17,18)14-8-7-13(19-14)9-15-11(2)3/h7-8,11-12,15H,4-6,9-10H2,1-3H3. The van der Waals surface area contributed by atoms with Crippen LogP contribution in [0.2, 0.25) is 0 Å². The summed E-state index contributed by atoms with van der Waals surface area (Å²) in [5, 5.41) is 3.31. The molecule has 0 saturated heterocycles. The topological polar surface area (TPSA) is 49.4 Å². The van der Waals surface area contributed by atoms with E-state index < -0.39 is 10.0 Å². The minimum Gasteiger partial charge on any atom is -0.310 e. The van der Waals surface area contributed by atoms with E-state index in [9.17, 15) is 8.42 Å². The van der Waals surface area contributed by atoms with Crippen molar-refractivity contribution in [1.82, 2.24) is 9.62 Å². The van der Waals surface area contributed by atoms with Gasteiger partial charge in [0.25, 0.3) is 10.0 Å². The second-order valence-electron chi connectivity index (χ2n) is 5.66. The van der Waals surface area contributed by atoms with E-state index in [2.05, 4.69) is 19.2 Å². The largest absolute Gasteiger partial charge is 0.310 e. The summed E-state index contributed by atoms with van der Waals surface area (Å²) in [5.41, 5.74) is 0. The zero-order valence-electron chi connectivity index (χ0n) is 12.4. The lowest BCUT2D eigenvalue weighted by Gasteiger charge is -2.19. The smallest absolute Gasteiger partial charge is 0.252 e. The van der Waals surface area contributed by atoms with Gasteiger partial charge < -0.3 is 5.32 Å². The van der Waals surface area contributed by atoms with Crippen molar-refractivity contribution in [3.8, 4) is 0 Å². The van der Waals surface area contributed by atoms with Crippen LogP contribution in [-0.2, 0) is 16.6 Å². The zero-order chi connectivity index (χ0) is 14.8. The van der Waals surface area contributed by atoms with Gasteiger partial charge in [-0.15, -0.1) is 11.3 Å². The van der Waals surface area contributed by atoms with Gasteiger partial charge in [0.15, 0.2) is 0 Å². The van der Waals surface area contributed by atoms with Crippen LogP contribution < -0.4 is 5.32 Å². The predicted octanol–water partition coefficient (Wildman–Crippen LogP) is 2.67. The van der Waals surface area contributed by atoms with Gasteiger partial charge in [0.05, 0.1) is 0 Å². The van der Waals surface area contributed by atoms with Crippen LogP contribution in [0.1, 0.15) is 38.5 Å².